The number of rotatable bonds is 8. The van der Waals surface area contributed by atoms with Crippen molar-refractivity contribution in [2.45, 2.75) is 26.7 Å². The third kappa shape index (κ3) is 5.15. The number of nitrogens with zero attached hydrogens (tertiary/aromatic N) is 2. The maximum atomic E-state index is 3.67. The molecule has 1 saturated carbocycles. The van der Waals surface area contributed by atoms with Crippen molar-refractivity contribution >= 4 is 15.9 Å². The second kappa shape index (κ2) is 6.36. The molecule has 0 bridgehead atoms. The monoisotopic (exact) mass is 290 g/mol. The van der Waals surface area contributed by atoms with Gasteiger partial charge in [-0.2, -0.15) is 0 Å². The molecular weight excluding hydrogens is 264 g/mol. The Hall–Kier alpha value is 0.400. The summed E-state index contributed by atoms with van der Waals surface area (Å²) in [5.41, 5.74) is 0.612. The summed E-state index contributed by atoms with van der Waals surface area (Å²) in [6, 6.07) is 0. The van der Waals surface area contributed by atoms with E-state index >= 15 is 0 Å². The Kier molecular flexibility index (Phi) is 5.75. The summed E-state index contributed by atoms with van der Waals surface area (Å²) in [5.74, 6) is 0.772. The third-order valence-electron chi connectivity index (χ3n) is 3.29. The van der Waals surface area contributed by atoms with Crippen LogP contribution in [0.5, 0.6) is 0 Å². The Morgan fingerprint density at radius 2 is 1.81 bits per heavy atom. The quantitative estimate of drug-likeness (QED) is 0.634. The molecule has 16 heavy (non-hydrogen) atoms. The van der Waals surface area contributed by atoms with Gasteiger partial charge in [0.25, 0.3) is 0 Å². The predicted octanol–water partition coefficient (Wildman–Crippen LogP) is 2.68. The maximum absolute atomic E-state index is 3.67. The second-order valence-corrected chi connectivity index (χ2v) is 6.63. The zero-order valence-corrected chi connectivity index (χ0v) is 12.9. The Labute approximate surface area is 109 Å². The van der Waals surface area contributed by atoms with Crippen LogP contribution in [0.2, 0.25) is 0 Å². The average molecular weight is 291 g/mol. The fourth-order valence-corrected chi connectivity index (χ4v) is 2.82. The zero-order valence-electron chi connectivity index (χ0n) is 11.3. The number of alkyl halides is 1. The molecule has 0 aromatic rings. The Balaban J connectivity index is 2.37. The first kappa shape index (κ1) is 14.5. The first-order valence-electron chi connectivity index (χ1n) is 6.40. The normalized spacial score (nSPS) is 18.8. The Morgan fingerprint density at radius 3 is 2.19 bits per heavy atom. The van der Waals surface area contributed by atoms with Crippen molar-refractivity contribution in [2.75, 3.05) is 45.6 Å². The molecule has 0 aliphatic heterocycles. The zero-order chi connectivity index (χ0) is 12.2. The van der Waals surface area contributed by atoms with Gasteiger partial charge in [0.05, 0.1) is 0 Å². The number of likely N-dealkylation sites (N-methyl/N-ethyl adjacent to an activating group) is 1. The van der Waals surface area contributed by atoms with Gasteiger partial charge < -0.3 is 9.80 Å². The highest BCUT2D eigenvalue weighted by molar-refractivity contribution is 9.09. The minimum absolute atomic E-state index is 0.612. The van der Waals surface area contributed by atoms with Gasteiger partial charge in [-0.25, -0.2) is 0 Å². The first-order chi connectivity index (χ1) is 7.47. The van der Waals surface area contributed by atoms with E-state index in [2.05, 4.69) is 53.7 Å². The number of halogens is 1. The molecule has 0 atom stereocenters. The van der Waals surface area contributed by atoms with Gasteiger partial charge in [-0.05, 0) is 38.3 Å². The van der Waals surface area contributed by atoms with Crippen LogP contribution in [0, 0.1) is 11.3 Å². The van der Waals surface area contributed by atoms with Crippen LogP contribution in [-0.2, 0) is 0 Å². The fourth-order valence-electron chi connectivity index (χ4n) is 2.08. The lowest BCUT2D eigenvalue weighted by atomic mass is 10.1. The minimum Gasteiger partial charge on any atom is -0.308 e. The van der Waals surface area contributed by atoms with Gasteiger partial charge >= 0.3 is 0 Å². The Morgan fingerprint density at radius 1 is 1.19 bits per heavy atom. The van der Waals surface area contributed by atoms with Crippen LogP contribution < -0.4 is 0 Å². The SMILES string of the molecule is CC(C)CN(CCN(C)C)CC1(CBr)CC1. The topological polar surface area (TPSA) is 6.48 Å². The maximum Gasteiger partial charge on any atom is 0.0109 e. The smallest absolute Gasteiger partial charge is 0.0109 e. The standard InChI is InChI=1S/C13H27BrN2/c1-12(2)9-16(8-7-15(3)4)11-13(10-14)5-6-13/h12H,5-11H2,1-4H3. The molecule has 0 N–H and O–H groups in total. The Bertz CT molecular complexity index is 200. The lowest BCUT2D eigenvalue weighted by Gasteiger charge is -2.29. The van der Waals surface area contributed by atoms with Gasteiger partial charge in [0.1, 0.15) is 0 Å². The predicted molar refractivity (Wildman–Crippen MR) is 75.3 cm³/mol. The first-order valence-corrected chi connectivity index (χ1v) is 7.53. The summed E-state index contributed by atoms with van der Waals surface area (Å²) in [6.07, 6.45) is 2.82. The summed E-state index contributed by atoms with van der Waals surface area (Å²) in [7, 11) is 4.32. The second-order valence-electron chi connectivity index (χ2n) is 6.07. The minimum atomic E-state index is 0.612. The van der Waals surface area contributed by atoms with Crippen LogP contribution in [0.25, 0.3) is 0 Å². The van der Waals surface area contributed by atoms with E-state index in [9.17, 15) is 0 Å². The largest absolute Gasteiger partial charge is 0.308 e. The summed E-state index contributed by atoms with van der Waals surface area (Å²) in [5, 5.41) is 1.18. The molecule has 0 unspecified atom stereocenters. The number of hydrogen-bond acceptors (Lipinski definition) is 2. The molecular formula is C13H27BrN2. The van der Waals surface area contributed by atoms with Gasteiger partial charge in [-0.15, -0.1) is 0 Å². The molecule has 1 fully saturated rings. The van der Waals surface area contributed by atoms with Crippen molar-refractivity contribution in [3.63, 3.8) is 0 Å². The van der Waals surface area contributed by atoms with E-state index in [0.29, 0.717) is 5.41 Å². The molecule has 1 rings (SSSR count). The van der Waals surface area contributed by atoms with E-state index in [1.165, 1.54) is 44.4 Å². The summed E-state index contributed by atoms with van der Waals surface area (Å²) in [6.45, 7) is 9.53. The molecule has 0 radical (unpaired) electrons. The molecule has 0 amide bonds. The molecule has 3 heteroatoms. The molecule has 0 saturated heterocycles. The summed E-state index contributed by atoms with van der Waals surface area (Å²) >= 11 is 3.67. The molecule has 96 valence electrons. The van der Waals surface area contributed by atoms with E-state index in [0.717, 1.165) is 5.92 Å². The van der Waals surface area contributed by atoms with Crippen LogP contribution in [0.4, 0.5) is 0 Å². The van der Waals surface area contributed by atoms with Gasteiger partial charge in [-0.1, -0.05) is 29.8 Å². The van der Waals surface area contributed by atoms with Gasteiger partial charge in [0.2, 0.25) is 0 Å². The molecule has 0 aromatic heterocycles. The highest BCUT2D eigenvalue weighted by atomic mass is 79.9. The van der Waals surface area contributed by atoms with Crippen molar-refractivity contribution in [3.8, 4) is 0 Å². The highest BCUT2D eigenvalue weighted by Crippen LogP contribution is 2.47. The van der Waals surface area contributed by atoms with Crippen LogP contribution >= 0.6 is 15.9 Å². The van der Waals surface area contributed by atoms with Crippen LogP contribution in [0.15, 0.2) is 0 Å². The highest BCUT2D eigenvalue weighted by Gasteiger charge is 2.42. The molecule has 1 aliphatic carbocycles. The van der Waals surface area contributed by atoms with Crippen molar-refractivity contribution in [2.24, 2.45) is 11.3 Å². The van der Waals surface area contributed by atoms with Crippen LogP contribution in [0.1, 0.15) is 26.7 Å². The van der Waals surface area contributed by atoms with E-state index < -0.39 is 0 Å². The van der Waals surface area contributed by atoms with E-state index in [4.69, 9.17) is 0 Å². The fraction of sp³-hybridized carbons (Fsp3) is 1.00. The molecule has 0 spiro atoms. The van der Waals surface area contributed by atoms with Crippen LogP contribution in [0.3, 0.4) is 0 Å². The lowest BCUT2D eigenvalue weighted by molar-refractivity contribution is 0.189. The molecule has 1 aliphatic rings. The molecule has 0 aromatic carbocycles. The van der Waals surface area contributed by atoms with Gasteiger partial charge in [0, 0.05) is 31.5 Å². The van der Waals surface area contributed by atoms with E-state index in [-0.39, 0.29) is 0 Å². The van der Waals surface area contributed by atoms with Gasteiger partial charge in [0.15, 0.2) is 0 Å². The lowest BCUT2D eigenvalue weighted by Crippen LogP contribution is -2.38. The average Bonchev–Trinajstić information content (AvgIpc) is 2.94. The van der Waals surface area contributed by atoms with Crippen molar-refractivity contribution in [1.82, 2.24) is 9.80 Å². The van der Waals surface area contributed by atoms with E-state index in [1.807, 2.05) is 0 Å². The third-order valence-corrected chi connectivity index (χ3v) is 4.48. The number of hydrogen-bond donors (Lipinski definition) is 0. The van der Waals surface area contributed by atoms with Gasteiger partial charge in [-0.3, -0.25) is 0 Å². The van der Waals surface area contributed by atoms with E-state index in [1.54, 1.807) is 0 Å². The van der Waals surface area contributed by atoms with Crippen molar-refractivity contribution < 1.29 is 0 Å². The van der Waals surface area contributed by atoms with Crippen LogP contribution in [-0.4, -0.2) is 55.4 Å². The molecule has 0 heterocycles. The van der Waals surface area contributed by atoms with Crippen molar-refractivity contribution in [3.05, 3.63) is 0 Å². The molecule has 2 nitrogen and oxygen atoms in total. The summed E-state index contributed by atoms with van der Waals surface area (Å²) in [4.78, 5) is 4.93. The van der Waals surface area contributed by atoms with Crippen molar-refractivity contribution in [1.29, 1.82) is 0 Å². The summed E-state index contributed by atoms with van der Waals surface area (Å²) < 4.78 is 0.